The summed E-state index contributed by atoms with van der Waals surface area (Å²) in [6.07, 6.45) is 3.71. The van der Waals surface area contributed by atoms with Crippen molar-refractivity contribution in [2.24, 2.45) is 17.8 Å². The number of hydrogen-bond acceptors (Lipinski definition) is 1. The Bertz CT molecular complexity index is 147. The molecule has 2 aliphatic rings. The van der Waals surface area contributed by atoms with Gasteiger partial charge in [0.1, 0.15) is 5.78 Å². The van der Waals surface area contributed by atoms with Gasteiger partial charge in [-0.25, -0.2) is 0 Å². The molecule has 0 aromatic carbocycles. The van der Waals surface area contributed by atoms with Crippen LogP contribution >= 0.6 is 0 Å². The Morgan fingerprint density at radius 2 is 2.22 bits per heavy atom. The van der Waals surface area contributed by atoms with Gasteiger partial charge in [-0.15, -0.1) is 0 Å². The topological polar surface area (TPSA) is 17.1 Å². The number of ketones is 1. The second-order valence-corrected chi connectivity index (χ2v) is 3.46. The van der Waals surface area contributed by atoms with Crippen molar-refractivity contribution in [2.75, 3.05) is 0 Å². The van der Waals surface area contributed by atoms with Crippen molar-refractivity contribution >= 4 is 5.78 Å². The number of Topliss-reactive ketones (excluding diaryl/α,β-unsaturated/α-hetero) is 1. The Kier molecular flexibility index (Phi) is 0.961. The van der Waals surface area contributed by atoms with Crippen LogP contribution in [0.3, 0.4) is 0 Å². The smallest absolute Gasteiger partial charge is 0.139 e. The minimum Gasteiger partial charge on any atom is -0.299 e. The maximum atomic E-state index is 11.2. The van der Waals surface area contributed by atoms with Crippen LogP contribution in [-0.4, -0.2) is 5.78 Å². The lowest BCUT2D eigenvalue weighted by atomic mass is 9.89. The lowest BCUT2D eigenvalue weighted by molar-refractivity contribution is -0.125. The molecule has 0 spiro atoms. The molecule has 0 aromatic heterocycles. The summed E-state index contributed by atoms with van der Waals surface area (Å²) < 4.78 is 0. The first-order valence-corrected chi connectivity index (χ1v) is 3.83. The normalized spacial score (nSPS) is 48.6. The van der Waals surface area contributed by atoms with E-state index < -0.39 is 0 Å². The van der Waals surface area contributed by atoms with Crippen molar-refractivity contribution in [1.29, 1.82) is 0 Å². The second-order valence-electron chi connectivity index (χ2n) is 3.46. The molecule has 0 aliphatic heterocycles. The zero-order valence-corrected chi connectivity index (χ0v) is 5.76. The van der Waals surface area contributed by atoms with Gasteiger partial charge in [0.15, 0.2) is 0 Å². The minimum absolute atomic E-state index is 0.406. The maximum Gasteiger partial charge on any atom is 0.139 e. The van der Waals surface area contributed by atoms with Crippen LogP contribution in [0.15, 0.2) is 0 Å². The highest BCUT2D eigenvalue weighted by Gasteiger charge is 2.43. The lowest BCUT2D eigenvalue weighted by Gasteiger charge is -2.14. The molecule has 2 saturated carbocycles. The molecule has 50 valence electrons. The van der Waals surface area contributed by atoms with Gasteiger partial charge >= 0.3 is 0 Å². The van der Waals surface area contributed by atoms with Gasteiger partial charge in [0, 0.05) is 11.8 Å². The molecule has 2 bridgehead atoms. The molecule has 1 heteroatoms. The Morgan fingerprint density at radius 3 is 2.56 bits per heavy atom. The van der Waals surface area contributed by atoms with Crippen LogP contribution in [0, 0.1) is 17.8 Å². The first kappa shape index (κ1) is 5.45. The Hall–Kier alpha value is -0.330. The van der Waals surface area contributed by atoms with Crippen LogP contribution in [0.4, 0.5) is 0 Å². The maximum absolute atomic E-state index is 11.2. The number of fused-ring (bicyclic) bond motifs is 2. The van der Waals surface area contributed by atoms with Gasteiger partial charge in [-0.3, -0.25) is 4.79 Å². The molecule has 0 amide bonds. The summed E-state index contributed by atoms with van der Waals surface area (Å²) in [5, 5.41) is 0. The summed E-state index contributed by atoms with van der Waals surface area (Å²) in [4.78, 5) is 11.2. The van der Waals surface area contributed by atoms with Crippen LogP contribution in [0.2, 0.25) is 0 Å². The van der Waals surface area contributed by atoms with E-state index in [4.69, 9.17) is 0 Å². The summed E-state index contributed by atoms with van der Waals surface area (Å²) >= 11 is 0. The van der Waals surface area contributed by atoms with E-state index in [-0.39, 0.29) is 0 Å². The first-order valence-electron chi connectivity index (χ1n) is 3.83. The monoisotopic (exact) mass is 124 g/mol. The van der Waals surface area contributed by atoms with E-state index in [0.29, 0.717) is 17.6 Å². The SMILES string of the molecule is C[C@H]1C(=O)[C@@H]2CC[C@H]1C2. The predicted molar refractivity (Wildman–Crippen MR) is 35.0 cm³/mol. The van der Waals surface area contributed by atoms with Gasteiger partial charge in [0.05, 0.1) is 0 Å². The fraction of sp³-hybridized carbons (Fsp3) is 0.875. The average Bonchev–Trinajstić information content (AvgIpc) is 2.37. The number of rotatable bonds is 0. The molecular formula is C8H12O. The summed E-state index contributed by atoms with van der Waals surface area (Å²) in [5.41, 5.74) is 0. The molecule has 2 rings (SSSR count). The molecule has 0 aromatic rings. The van der Waals surface area contributed by atoms with E-state index in [9.17, 15) is 4.79 Å². The van der Waals surface area contributed by atoms with Gasteiger partial charge in [-0.2, -0.15) is 0 Å². The van der Waals surface area contributed by atoms with Crippen molar-refractivity contribution in [2.45, 2.75) is 26.2 Å². The van der Waals surface area contributed by atoms with Gasteiger partial charge in [0.25, 0.3) is 0 Å². The Morgan fingerprint density at radius 1 is 1.44 bits per heavy atom. The van der Waals surface area contributed by atoms with Crippen LogP contribution in [0.1, 0.15) is 26.2 Å². The highest BCUT2D eigenvalue weighted by atomic mass is 16.1. The third-order valence-corrected chi connectivity index (χ3v) is 3.03. The highest BCUT2D eigenvalue weighted by molar-refractivity contribution is 5.86. The van der Waals surface area contributed by atoms with Gasteiger partial charge in [-0.1, -0.05) is 6.92 Å². The molecule has 0 saturated heterocycles. The highest BCUT2D eigenvalue weighted by Crippen LogP contribution is 2.45. The summed E-state index contributed by atoms with van der Waals surface area (Å²) in [7, 11) is 0. The molecule has 3 atom stereocenters. The van der Waals surface area contributed by atoms with Crippen LogP contribution in [0.25, 0.3) is 0 Å². The number of carbonyl (C=O) groups is 1. The molecule has 2 fully saturated rings. The van der Waals surface area contributed by atoms with E-state index in [1.54, 1.807) is 0 Å². The molecule has 0 heterocycles. The zero-order valence-electron chi connectivity index (χ0n) is 5.76. The largest absolute Gasteiger partial charge is 0.299 e. The van der Waals surface area contributed by atoms with E-state index in [1.165, 1.54) is 19.3 Å². The number of hydrogen-bond donors (Lipinski definition) is 0. The zero-order chi connectivity index (χ0) is 6.43. The summed E-state index contributed by atoms with van der Waals surface area (Å²) in [6.45, 7) is 2.09. The van der Waals surface area contributed by atoms with Gasteiger partial charge < -0.3 is 0 Å². The Balaban J connectivity index is 2.25. The van der Waals surface area contributed by atoms with Crippen LogP contribution < -0.4 is 0 Å². The third kappa shape index (κ3) is 0.577. The molecule has 0 unspecified atom stereocenters. The molecular weight excluding hydrogens is 112 g/mol. The number of carbonyl (C=O) groups excluding carboxylic acids is 1. The van der Waals surface area contributed by atoms with Crippen molar-refractivity contribution in [3.05, 3.63) is 0 Å². The first-order chi connectivity index (χ1) is 4.29. The van der Waals surface area contributed by atoms with Gasteiger partial charge in [0.2, 0.25) is 0 Å². The third-order valence-electron chi connectivity index (χ3n) is 3.03. The van der Waals surface area contributed by atoms with E-state index >= 15 is 0 Å². The van der Waals surface area contributed by atoms with Crippen LogP contribution in [0.5, 0.6) is 0 Å². The second kappa shape index (κ2) is 1.59. The predicted octanol–water partition coefficient (Wildman–Crippen LogP) is 1.62. The Labute approximate surface area is 55.4 Å². The van der Waals surface area contributed by atoms with E-state index in [2.05, 4.69) is 6.92 Å². The standard InChI is InChI=1S/C8H12O/c1-5-6-2-3-7(4-6)8(5)9/h5-7H,2-4H2,1H3/t5-,6+,7-/m1/s1. The minimum atomic E-state index is 0.406. The molecule has 0 N–H and O–H groups in total. The van der Waals surface area contributed by atoms with Crippen molar-refractivity contribution in [3.8, 4) is 0 Å². The summed E-state index contributed by atoms with van der Waals surface area (Å²) in [6, 6.07) is 0. The molecule has 1 nitrogen and oxygen atoms in total. The lowest BCUT2D eigenvalue weighted by Crippen LogP contribution is -2.18. The summed E-state index contributed by atoms with van der Waals surface area (Å²) in [5.74, 6) is 2.20. The van der Waals surface area contributed by atoms with Crippen molar-refractivity contribution < 1.29 is 4.79 Å². The van der Waals surface area contributed by atoms with Crippen LogP contribution in [-0.2, 0) is 4.79 Å². The quantitative estimate of drug-likeness (QED) is 0.479. The molecule has 9 heavy (non-hydrogen) atoms. The van der Waals surface area contributed by atoms with Crippen molar-refractivity contribution in [3.63, 3.8) is 0 Å². The average molecular weight is 124 g/mol. The fourth-order valence-corrected chi connectivity index (χ4v) is 2.33. The van der Waals surface area contributed by atoms with Crippen molar-refractivity contribution in [1.82, 2.24) is 0 Å². The van der Waals surface area contributed by atoms with E-state index in [1.807, 2.05) is 0 Å². The molecule has 2 aliphatic carbocycles. The van der Waals surface area contributed by atoms with Gasteiger partial charge in [-0.05, 0) is 25.2 Å². The fourth-order valence-electron chi connectivity index (χ4n) is 2.33. The van der Waals surface area contributed by atoms with E-state index in [0.717, 1.165) is 5.92 Å². The molecule has 0 radical (unpaired) electrons.